The van der Waals surface area contributed by atoms with Gasteiger partial charge in [0.05, 0.1) is 10.7 Å². The molecular weight excluding hydrogens is 253 g/mol. The average molecular weight is 268 g/mol. The summed E-state index contributed by atoms with van der Waals surface area (Å²) in [5.74, 6) is 0.661. The van der Waals surface area contributed by atoms with E-state index in [2.05, 4.69) is 5.32 Å². The van der Waals surface area contributed by atoms with E-state index in [1.807, 2.05) is 0 Å². The van der Waals surface area contributed by atoms with E-state index in [-0.39, 0.29) is 22.5 Å². The molecule has 3 rings (SSSR count). The summed E-state index contributed by atoms with van der Waals surface area (Å²) in [6.07, 6.45) is 4.51. The van der Waals surface area contributed by atoms with Gasteiger partial charge in [-0.3, -0.25) is 4.79 Å². The van der Waals surface area contributed by atoms with Crippen molar-refractivity contribution >= 4 is 23.2 Å². The summed E-state index contributed by atoms with van der Waals surface area (Å²) >= 11 is 5.69. The molecule has 96 valence electrons. The fraction of sp³-hybridized carbons (Fsp3) is 0.500. The Bertz CT molecular complexity index is 491. The van der Waals surface area contributed by atoms with Crippen LogP contribution in [0.25, 0.3) is 0 Å². The van der Waals surface area contributed by atoms with E-state index in [1.165, 1.54) is 12.5 Å². The maximum absolute atomic E-state index is 13.7. The third-order valence-electron chi connectivity index (χ3n) is 4.28. The third-order valence-corrected chi connectivity index (χ3v) is 4.58. The molecule has 0 spiro atoms. The Morgan fingerprint density at radius 3 is 2.83 bits per heavy atom. The van der Waals surface area contributed by atoms with Gasteiger partial charge in [0, 0.05) is 5.92 Å². The largest absolute Gasteiger partial charge is 0.323 e. The maximum atomic E-state index is 13.7. The van der Waals surface area contributed by atoms with Crippen molar-refractivity contribution in [3.05, 3.63) is 29.0 Å². The number of hydrogen-bond acceptors (Lipinski definition) is 1. The number of fused-ring (bicyclic) bond motifs is 2. The van der Waals surface area contributed by atoms with Crippen LogP contribution in [0.2, 0.25) is 5.02 Å². The molecule has 0 saturated heterocycles. The highest BCUT2D eigenvalue weighted by Crippen LogP contribution is 2.48. The molecule has 4 heteroatoms. The van der Waals surface area contributed by atoms with Crippen LogP contribution >= 0.6 is 11.6 Å². The van der Waals surface area contributed by atoms with Gasteiger partial charge in [0.1, 0.15) is 0 Å². The fourth-order valence-electron chi connectivity index (χ4n) is 3.39. The first-order valence-corrected chi connectivity index (χ1v) is 6.78. The van der Waals surface area contributed by atoms with Crippen LogP contribution in [0.4, 0.5) is 10.1 Å². The van der Waals surface area contributed by atoms with E-state index < -0.39 is 5.82 Å². The van der Waals surface area contributed by atoms with Crippen molar-refractivity contribution < 1.29 is 9.18 Å². The highest BCUT2D eigenvalue weighted by molar-refractivity contribution is 6.31. The Hall–Kier alpha value is -1.09. The van der Waals surface area contributed by atoms with Crippen molar-refractivity contribution in [2.24, 2.45) is 17.8 Å². The van der Waals surface area contributed by atoms with Gasteiger partial charge in [-0.25, -0.2) is 4.39 Å². The van der Waals surface area contributed by atoms with Crippen LogP contribution in [0.3, 0.4) is 0 Å². The molecule has 3 atom stereocenters. The number of amides is 1. The van der Waals surface area contributed by atoms with E-state index in [4.69, 9.17) is 11.6 Å². The van der Waals surface area contributed by atoms with E-state index in [0.717, 1.165) is 19.3 Å². The Morgan fingerprint density at radius 1 is 1.33 bits per heavy atom. The number of hydrogen-bond donors (Lipinski definition) is 1. The van der Waals surface area contributed by atoms with Gasteiger partial charge >= 0.3 is 0 Å². The summed E-state index contributed by atoms with van der Waals surface area (Å²) in [5.41, 5.74) is 0.190. The topological polar surface area (TPSA) is 29.1 Å². The van der Waals surface area contributed by atoms with Crippen molar-refractivity contribution in [1.29, 1.82) is 0 Å². The molecule has 0 radical (unpaired) electrons. The standard InChI is InChI=1S/C14H15ClFNO/c15-11-2-1-3-12(13(11)16)17-14(18)10-7-8-4-5-9(10)6-8/h1-3,8-10H,4-7H2,(H,17,18). The number of halogens is 2. The summed E-state index contributed by atoms with van der Waals surface area (Å²) in [4.78, 5) is 12.1. The van der Waals surface area contributed by atoms with Crippen LogP contribution < -0.4 is 5.32 Å². The van der Waals surface area contributed by atoms with E-state index in [0.29, 0.717) is 11.8 Å². The second-order valence-electron chi connectivity index (χ2n) is 5.37. The van der Waals surface area contributed by atoms with E-state index in [1.54, 1.807) is 12.1 Å². The molecule has 2 aliphatic carbocycles. The predicted molar refractivity (Wildman–Crippen MR) is 69.0 cm³/mol. The molecule has 0 aromatic heterocycles. The second-order valence-corrected chi connectivity index (χ2v) is 5.78. The SMILES string of the molecule is O=C(Nc1cccc(Cl)c1F)C1CC2CCC1C2. The molecule has 1 N–H and O–H groups in total. The monoisotopic (exact) mass is 267 g/mol. The molecule has 1 aromatic carbocycles. The first kappa shape index (κ1) is 12.0. The summed E-state index contributed by atoms with van der Waals surface area (Å²) in [6, 6.07) is 4.66. The average Bonchev–Trinajstić information content (AvgIpc) is 2.97. The van der Waals surface area contributed by atoms with Gasteiger partial charge < -0.3 is 5.32 Å². The number of anilines is 1. The highest BCUT2D eigenvalue weighted by Gasteiger charge is 2.43. The van der Waals surface area contributed by atoms with Gasteiger partial charge in [-0.15, -0.1) is 0 Å². The van der Waals surface area contributed by atoms with Crippen LogP contribution in [0.1, 0.15) is 25.7 Å². The summed E-state index contributed by atoms with van der Waals surface area (Å²) in [7, 11) is 0. The smallest absolute Gasteiger partial charge is 0.227 e. The molecule has 2 bridgehead atoms. The molecule has 2 saturated carbocycles. The zero-order valence-corrected chi connectivity index (χ0v) is 10.7. The Labute approximate surface area is 111 Å². The first-order chi connectivity index (χ1) is 8.65. The molecule has 2 aliphatic rings. The fourth-order valence-corrected chi connectivity index (χ4v) is 3.57. The molecule has 1 amide bonds. The summed E-state index contributed by atoms with van der Waals surface area (Å²) < 4.78 is 13.7. The lowest BCUT2D eigenvalue weighted by Crippen LogP contribution is -2.27. The van der Waals surface area contributed by atoms with Crippen LogP contribution in [-0.2, 0) is 4.79 Å². The quantitative estimate of drug-likeness (QED) is 0.866. The lowest BCUT2D eigenvalue weighted by Gasteiger charge is -2.21. The minimum absolute atomic E-state index is 0.0424. The van der Waals surface area contributed by atoms with E-state index in [9.17, 15) is 9.18 Å². The van der Waals surface area contributed by atoms with Crippen molar-refractivity contribution in [2.45, 2.75) is 25.7 Å². The molecule has 18 heavy (non-hydrogen) atoms. The maximum Gasteiger partial charge on any atom is 0.227 e. The van der Waals surface area contributed by atoms with Crippen LogP contribution in [0.5, 0.6) is 0 Å². The summed E-state index contributed by atoms with van der Waals surface area (Å²) in [6.45, 7) is 0. The lowest BCUT2D eigenvalue weighted by molar-refractivity contribution is -0.121. The molecule has 1 aromatic rings. The van der Waals surface area contributed by atoms with Gasteiger partial charge in [0.15, 0.2) is 5.82 Å². The Kier molecular flexibility index (Phi) is 3.02. The Balaban J connectivity index is 1.73. The second kappa shape index (κ2) is 4.54. The normalized spacial score (nSPS) is 29.6. The van der Waals surface area contributed by atoms with Gasteiger partial charge in [0.2, 0.25) is 5.91 Å². The van der Waals surface area contributed by atoms with Crippen molar-refractivity contribution in [3.63, 3.8) is 0 Å². The van der Waals surface area contributed by atoms with Crippen LogP contribution in [-0.4, -0.2) is 5.91 Å². The predicted octanol–water partition coefficient (Wildman–Crippen LogP) is 3.85. The van der Waals surface area contributed by atoms with Gasteiger partial charge in [-0.2, -0.15) is 0 Å². The zero-order chi connectivity index (χ0) is 12.7. The van der Waals surface area contributed by atoms with Crippen molar-refractivity contribution in [3.8, 4) is 0 Å². The number of carbonyl (C=O) groups is 1. The third kappa shape index (κ3) is 2.01. The van der Waals surface area contributed by atoms with Crippen molar-refractivity contribution in [1.82, 2.24) is 0 Å². The molecule has 3 unspecified atom stereocenters. The van der Waals surface area contributed by atoms with Crippen LogP contribution in [0.15, 0.2) is 18.2 Å². The lowest BCUT2D eigenvalue weighted by atomic mass is 9.88. The van der Waals surface area contributed by atoms with Crippen molar-refractivity contribution in [2.75, 3.05) is 5.32 Å². The van der Waals surface area contributed by atoms with Gasteiger partial charge in [-0.1, -0.05) is 24.1 Å². The molecular formula is C14H15ClFNO. The minimum atomic E-state index is -0.546. The molecule has 0 aliphatic heterocycles. The molecule has 0 heterocycles. The van der Waals surface area contributed by atoms with E-state index >= 15 is 0 Å². The van der Waals surface area contributed by atoms with Gasteiger partial charge in [0.25, 0.3) is 0 Å². The van der Waals surface area contributed by atoms with Gasteiger partial charge in [-0.05, 0) is 43.2 Å². The van der Waals surface area contributed by atoms with Crippen LogP contribution in [0, 0.1) is 23.6 Å². The first-order valence-electron chi connectivity index (χ1n) is 6.40. The zero-order valence-electron chi connectivity index (χ0n) is 9.96. The highest BCUT2D eigenvalue weighted by atomic mass is 35.5. The Morgan fingerprint density at radius 2 is 2.17 bits per heavy atom. The molecule has 2 nitrogen and oxygen atoms in total. The number of carbonyl (C=O) groups excluding carboxylic acids is 1. The number of benzene rings is 1. The number of nitrogens with one attached hydrogen (secondary N) is 1. The molecule has 2 fully saturated rings. The summed E-state index contributed by atoms with van der Waals surface area (Å²) in [5, 5.41) is 2.72. The minimum Gasteiger partial charge on any atom is -0.323 e. The number of rotatable bonds is 2.